The maximum absolute atomic E-state index is 5.58. The third-order valence-corrected chi connectivity index (χ3v) is 0.905. The number of alkyl halides is 1. The third-order valence-electron chi connectivity index (χ3n) is 0.686. The SMILES string of the molecule is CCCC(C)Cl. The van der Waals surface area contributed by atoms with E-state index < -0.39 is 0 Å². The van der Waals surface area contributed by atoms with Crippen LogP contribution in [0.4, 0.5) is 0 Å². The zero-order valence-corrected chi connectivity index (χ0v) is 5.13. The lowest BCUT2D eigenvalue weighted by molar-refractivity contribution is 0.779. The molecule has 1 atom stereocenters. The molecule has 0 aliphatic carbocycles. The Morgan fingerprint density at radius 3 is 2.17 bits per heavy atom. The van der Waals surface area contributed by atoms with Gasteiger partial charge in [-0.1, -0.05) is 13.3 Å². The van der Waals surface area contributed by atoms with Crippen molar-refractivity contribution < 1.29 is 0 Å². The average molecular weight is 107 g/mol. The Morgan fingerprint density at radius 2 is 2.17 bits per heavy atom. The molecule has 0 aromatic rings. The van der Waals surface area contributed by atoms with Crippen LogP contribution in [0.15, 0.2) is 0 Å². The molecule has 0 saturated carbocycles. The molecule has 1 heteroatoms. The number of hydrogen-bond acceptors (Lipinski definition) is 0. The van der Waals surface area contributed by atoms with Crippen LogP contribution in [0.25, 0.3) is 0 Å². The van der Waals surface area contributed by atoms with E-state index in [0.717, 1.165) is 6.42 Å². The van der Waals surface area contributed by atoms with E-state index in [4.69, 9.17) is 11.6 Å². The fourth-order valence-corrected chi connectivity index (χ4v) is 0.616. The molecular weight excluding hydrogens is 95.5 g/mol. The van der Waals surface area contributed by atoms with Crippen LogP contribution in [0.5, 0.6) is 0 Å². The molecule has 0 spiro atoms. The highest BCUT2D eigenvalue weighted by atomic mass is 35.5. The van der Waals surface area contributed by atoms with Crippen molar-refractivity contribution in [3.8, 4) is 0 Å². The van der Waals surface area contributed by atoms with E-state index in [1.807, 2.05) is 6.92 Å². The van der Waals surface area contributed by atoms with Crippen LogP contribution in [0.2, 0.25) is 0 Å². The van der Waals surface area contributed by atoms with Gasteiger partial charge in [0.05, 0.1) is 0 Å². The number of halogens is 1. The normalized spacial score (nSPS) is 14.5. The smallest absolute Gasteiger partial charge is 0.0307 e. The molecular formula is C5H11Cl. The van der Waals surface area contributed by atoms with Crippen molar-refractivity contribution in [1.82, 2.24) is 0 Å². The molecule has 0 radical (unpaired) electrons. The molecule has 0 rings (SSSR count). The monoisotopic (exact) mass is 106 g/mol. The second-order valence-corrected chi connectivity index (χ2v) is 2.31. The summed E-state index contributed by atoms with van der Waals surface area (Å²) in [6, 6.07) is 0. The fraction of sp³-hybridized carbons (Fsp3) is 1.00. The molecule has 38 valence electrons. The lowest BCUT2D eigenvalue weighted by atomic mass is 10.3. The topological polar surface area (TPSA) is 0 Å². The largest absolute Gasteiger partial charge is 0.123 e. The van der Waals surface area contributed by atoms with Gasteiger partial charge < -0.3 is 0 Å². The number of hydrogen-bond donors (Lipinski definition) is 0. The molecule has 1 unspecified atom stereocenters. The van der Waals surface area contributed by atoms with Gasteiger partial charge in [0.1, 0.15) is 0 Å². The van der Waals surface area contributed by atoms with E-state index in [9.17, 15) is 0 Å². The minimum absolute atomic E-state index is 0.370. The van der Waals surface area contributed by atoms with E-state index in [1.54, 1.807) is 0 Å². The maximum atomic E-state index is 5.58. The van der Waals surface area contributed by atoms with Crippen molar-refractivity contribution in [3.63, 3.8) is 0 Å². The molecule has 0 aromatic heterocycles. The summed E-state index contributed by atoms with van der Waals surface area (Å²) >= 11 is 5.58. The Kier molecular flexibility index (Phi) is 3.65. The van der Waals surface area contributed by atoms with Gasteiger partial charge in [0.25, 0.3) is 0 Å². The molecule has 0 aromatic carbocycles. The van der Waals surface area contributed by atoms with Crippen LogP contribution in [0, 0.1) is 0 Å². The first-order valence-corrected chi connectivity index (χ1v) is 2.85. The lowest BCUT2D eigenvalue weighted by Gasteiger charge is -1.93. The summed E-state index contributed by atoms with van der Waals surface area (Å²) in [6.07, 6.45) is 2.34. The summed E-state index contributed by atoms with van der Waals surface area (Å²) in [4.78, 5) is 0. The van der Waals surface area contributed by atoms with Gasteiger partial charge in [-0.2, -0.15) is 0 Å². The fourth-order valence-electron chi connectivity index (χ4n) is 0.398. The van der Waals surface area contributed by atoms with Crippen LogP contribution >= 0.6 is 11.6 Å². The van der Waals surface area contributed by atoms with Gasteiger partial charge in [-0.25, -0.2) is 0 Å². The molecule has 0 bridgehead atoms. The van der Waals surface area contributed by atoms with Crippen LogP contribution in [-0.2, 0) is 0 Å². The zero-order valence-electron chi connectivity index (χ0n) is 4.37. The van der Waals surface area contributed by atoms with Gasteiger partial charge in [-0.3, -0.25) is 0 Å². The highest BCUT2D eigenvalue weighted by molar-refractivity contribution is 6.20. The lowest BCUT2D eigenvalue weighted by Crippen LogP contribution is -1.85. The molecule has 0 N–H and O–H groups in total. The minimum Gasteiger partial charge on any atom is -0.123 e. The van der Waals surface area contributed by atoms with Crippen LogP contribution < -0.4 is 0 Å². The predicted octanol–water partition coefficient (Wildman–Crippen LogP) is 2.41. The summed E-state index contributed by atoms with van der Waals surface area (Å²) in [5.74, 6) is 0. The van der Waals surface area contributed by atoms with E-state index >= 15 is 0 Å². The first-order valence-electron chi connectivity index (χ1n) is 2.41. The number of rotatable bonds is 2. The molecule has 0 aliphatic rings. The Balaban J connectivity index is 2.63. The Bertz CT molecular complexity index is 25.1. The van der Waals surface area contributed by atoms with Gasteiger partial charge in [0.15, 0.2) is 0 Å². The standard InChI is InChI=1S/C5H11Cl/c1-3-4-5(2)6/h5H,3-4H2,1-2H3. The molecule has 0 saturated heterocycles. The van der Waals surface area contributed by atoms with Crippen molar-refractivity contribution in [2.24, 2.45) is 0 Å². The van der Waals surface area contributed by atoms with Gasteiger partial charge in [-0.15, -0.1) is 11.6 Å². The second kappa shape index (κ2) is 3.48. The quantitative estimate of drug-likeness (QED) is 0.475. The van der Waals surface area contributed by atoms with Crippen molar-refractivity contribution in [2.75, 3.05) is 0 Å². The summed E-state index contributed by atoms with van der Waals surface area (Å²) < 4.78 is 0. The van der Waals surface area contributed by atoms with Gasteiger partial charge in [0.2, 0.25) is 0 Å². The van der Waals surface area contributed by atoms with E-state index in [0.29, 0.717) is 5.38 Å². The Labute approximate surface area is 44.5 Å². The third kappa shape index (κ3) is 4.29. The highest BCUT2D eigenvalue weighted by Gasteiger charge is 1.88. The first kappa shape index (κ1) is 6.29. The van der Waals surface area contributed by atoms with Crippen LogP contribution in [0.3, 0.4) is 0 Å². The first-order chi connectivity index (χ1) is 2.77. The van der Waals surface area contributed by atoms with E-state index in [-0.39, 0.29) is 0 Å². The maximum Gasteiger partial charge on any atom is 0.0307 e. The van der Waals surface area contributed by atoms with Crippen molar-refractivity contribution in [2.45, 2.75) is 32.1 Å². The summed E-state index contributed by atoms with van der Waals surface area (Å²) in [7, 11) is 0. The Morgan fingerprint density at radius 1 is 1.67 bits per heavy atom. The van der Waals surface area contributed by atoms with E-state index in [2.05, 4.69) is 6.92 Å². The average Bonchev–Trinajstić information content (AvgIpc) is 1.35. The van der Waals surface area contributed by atoms with Crippen LogP contribution in [-0.4, -0.2) is 5.38 Å². The molecule has 6 heavy (non-hydrogen) atoms. The molecule has 0 amide bonds. The molecule has 0 nitrogen and oxygen atoms in total. The van der Waals surface area contributed by atoms with E-state index in [1.165, 1.54) is 6.42 Å². The highest BCUT2D eigenvalue weighted by Crippen LogP contribution is 2.01. The van der Waals surface area contributed by atoms with Crippen molar-refractivity contribution >= 4 is 11.6 Å². The zero-order chi connectivity index (χ0) is 4.99. The van der Waals surface area contributed by atoms with Gasteiger partial charge >= 0.3 is 0 Å². The van der Waals surface area contributed by atoms with Gasteiger partial charge in [0, 0.05) is 5.38 Å². The Hall–Kier alpha value is 0.290. The van der Waals surface area contributed by atoms with Crippen molar-refractivity contribution in [3.05, 3.63) is 0 Å². The molecule has 0 fully saturated rings. The molecule has 0 aliphatic heterocycles. The van der Waals surface area contributed by atoms with Gasteiger partial charge in [-0.05, 0) is 13.3 Å². The summed E-state index contributed by atoms with van der Waals surface area (Å²) in [5.41, 5.74) is 0. The molecule has 0 heterocycles. The predicted molar refractivity (Wildman–Crippen MR) is 30.2 cm³/mol. The summed E-state index contributed by atoms with van der Waals surface area (Å²) in [6.45, 7) is 4.16. The van der Waals surface area contributed by atoms with Crippen molar-refractivity contribution in [1.29, 1.82) is 0 Å². The second-order valence-electron chi connectivity index (χ2n) is 1.57. The minimum atomic E-state index is 0.370. The van der Waals surface area contributed by atoms with Crippen LogP contribution in [0.1, 0.15) is 26.7 Å². The summed E-state index contributed by atoms with van der Waals surface area (Å²) in [5, 5.41) is 0.370.